The van der Waals surface area contributed by atoms with Crippen molar-refractivity contribution in [3.05, 3.63) is 67.6 Å². The van der Waals surface area contributed by atoms with Crippen molar-refractivity contribution in [1.29, 1.82) is 0 Å². The normalized spacial score (nSPS) is 16.2. The Hall–Kier alpha value is -1.80. The zero-order valence-corrected chi connectivity index (χ0v) is 15.8. The number of phenols is 1. The zero-order valence-electron chi connectivity index (χ0n) is 12.8. The molecule has 24 heavy (non-hydrogen) atoms. The third-order valence-corrected chi connectivity index (χ3v) is 5.50. The highest BCUT2D eigenvalue weighted by atomic mass is 127. The first-order chi connectivity index (χ1) is 11.5. The van der Waals surface area contributed by atoms with E-state index in [0.29, 0.717) is 8.48 Å². The number of hydrogen-bond donors (Lipinski definition) is 1. The first kappa shape index (κ1) is 17.0. The van der Waals surface area contributed by atoms with Crippen LogP contribution in [-0.2, 0) is 11.3 Å². The van der Waals surface area contributed by atoms with E-state index in [-0.39, 0.29) is 23.4 Å². The first-order valence-corrected chi connectivity index (χ1v) is 9.13. The maximum absolute atomic E-state index is 12.6. The molecule has 0 aliphatic carbocycles. The summed E-state index contributed by atoms with van der Waals surface area (Å²) in [6.45, 7) is 2.24. The summed E-state index contributed by atoms with van der Waals surface area (Å²) >= 11 is 2.97. The molecule has 0 bridgehead atoms. The number of nitrogens with zero attached hydrogens (tertiary/aromatic N) is 1. The number of phenolic OH excluding ortho intramolecular Hbond substituents is 1. The van der Waals surface area contributed by atoms with Gasteiger partial charge in [0.25, 0.3) is 11.1 Å². The van der Waals surface area contributed by atoms with Gasteiger partial charge in [-0.25, -0.2) is 0 Å². The minimum atomic E-state index is -0.281. The van der Waals surface area contributed by atoms with Gasteiger partial charge in [-0.2, -0.15) is 0 Å². The average molecular weight is 451 g/mol. The van der Waals surface area contributed by atoms with Crippen LogP contribution < -0.4 is 0 Å². The predicted octanol–water partition coefficient (Wildman–Crippen LogP) is 4.54. The highest BCUT2D eigenvalue weighted by molar-refractivity contribution is 14.1. The van der Waals surface area contributed by atoms with Crippen molar-refractivity contribution in [3.8, 4) is 5.75 Å². The van der Waals surface area contributed by atoms with Crippen LogP contribution in [0.1, 0.15) is 16.7 Å². The van der Waals surface area contributed by atoms with Crippen molar-refractivity contribution in [2.75, 3.05) is 0 Å². The predicted molar refractivity (Wildman–Crippen MR) is 104 cm³/mol. The van der Waals surface area contributed by atoms with E-state index in [1.165, 1.54) is 4.90 Å². The molecule has 0 radical (unpaired) electrons. The van der Waals surface area contributed by atoms with Crippen LogP contribution in [0.2, 0.25) is 0 Å². The van der Waals surface area contributed by atoms with Gasteiger partial charge in [-0.3, -0.25) is 14.5 Å². The molecule has 1 heterocycles. The molecule has 1 N–H and O–H groups in total. The summed E-state index contributed by atoms with van der Waals surface area (Å²) < 4.78 is 0.695. The third kappa shape index (κ3) is 3.49. The van der Waals surface area contributed by atoms with Gasteiger partial charge in [0.15, 0.2) is 0 Å². The molecule has 1 fully saturated rings. The SMILES string of the molecule is Cc1ccccc1CN1C(=O)S/C(=C\c2ccc(O)c(I)c2)C1=O. The van der Waals surface area contributed by atoms with Crippen molar-refractivity contribution in [2.24, 2.45) is 0 Å². The van der Waals surface area contributed by atoms with E-state index in [2.05, 4.69) is 0 Å². The number of thioether (sulfide) groups is 1. The molecule has 1 aliphatic rings. The van der Waals surface area contributed by atoms with Crippen molar-refractivity contribution >= 4 is 51.6 Å². The standard InChI is InChI=1S/C18H14INO3S/c1-11-4-2-3-5-13(11)10-20-17(22)16(24-18(20)23)9-12-6-7-15(21)14(19)8-12/h2-9,21H,10H2,1H3/b16-9-. The fourth-order valence-electron chi connectivity index (χ4n) is 2.36. The molecular weight excluding hydrogens is 437 g/mol. The van der Waals surface area contributed by atoms with Crippen LogP contribution in [0, 0.1) is 10.5 Å². The Labute approximate surface area is 157 Å². The molecule has 4 nitrogen and oxygen atoms in total. The second-order valence-corrected chi connectivity index (χ2v) is 7.56. The number of hydrogen-bond acceptors (Lipinski definition) is 4. The molecule has 0 spiro atoms. The van der Waals surface area contributed by atoms with E-state index in [4.69, 9.17) is 0 Å². The summed E-state index contributed by atoms with van der Waals surface area (Å²) in [5.74, 6) is -0.0863. The van der Waals surface area contributed by atoms with Crippen LogP contribution in [-0.4, -0.2) is 21.2 Å². The Bertz CT molecular complexity index is 863. The maximum Gasteiger partial charge on any atom is 0.293 e. The lowest BCUT2D eigenvalue weighted by atomic mass is 10.1. The Kier molecular flexibility index (Phi) is 4.96. The number of halogens is 1. The van der Waals surface area contributed by atoms with Crippen LogP contribution in [0.4, 0.5) is 4.79 Å². The minimum absolute atomic E-state index is 0.195. The molecular formula is C18H14INO3S. The van der Waals surface area contributed by atoms with Gasteiger partial charge >= 0.3 is 0 Å². The first-order valence-electron chi connectivity index (χ1n) is 7.24. The van der Waals surface area contributed by atoms with Crippen molar-refractivity contribution in [1.82, 2.24) is 4.90 Å². The van der Waals surface area contributed by atoms with Crippen LogP contribution in [0.15, 0.2) is 47.4 Å². The lowest BCUT2D eigenvalue weighted by Crippen LogP contribution is -2.27. The topological polar surface area (TPSA) is 57.6 Å². The van der Waals surface area contributed by atoms with Gasteiger partial charge in [0, 0.05) is 0 Å². The number of amides is 2. The van der Waals surface area contributed by atoms with Crippen molar-refractivity contribution in [3.63, 3.8) is 0 Å². The number of imide groups is 1. The summed E-state index contributed by atoms with van der Waals surface area (Å²) in [7, 11) is 0. The fourth-order valence-corrected chi connectivity index (χ4v) is 3.74. The number of aromatic hydroxyl groups is 1. The highest BCUT2D eigenvalue weighted by Gasteiger charge is 2.35. The van der Waals surface area contributed by atoms with Gasteiger partial charge < -0.3 is 5.11 Å². The van der Waals surface area contributed by atoms with Crippen LogP contribution in [0.25, 0.3) is 6.08 Å². The summed E-state index contributed by atoms with van der Waals surface area (Å²) in [5, 5.41) is 9.31. The summed E-state index contributed by atoms with van der Waals surface area (Å²) in [4.78, 5) is 26.4. The van der Waals surface area contributed by atoms with E-state index < -0.39 is 0 Å². The second-order valence-electron chi connectivity index (χ2n) is 5.41. The minimum Gasteiger partial charge on any atom is -0.507 e. The lowest BCUT2D eigenvalue weighted by Gasteiger charge is -2.14. The molecule has 2 amide bonds. The van der Waals surface area contributed by atoms with E-state index >= 15 is 0 Å². The number of carbonyl (C=O) groups is 2. The molecule has 0 saturated carbocycles. The Morgan fingerprint density at radius 3 is 2.67 bits per heavy atom. The van der Waals surface area contributed by atoms with Gasteiger partial charge in [0.1, 0.15) is 5.75 Å². The van der Waals surface area contributed by atoms with Crippen LogP contribution in [0.5, 0.6) is 5.75 Å². The molecule has 122 valence electrons. The van der Waals surface area contributed by atoms with Crippen molar-refractivity contribution in [2.45, 2.75) is 13.5 Å². The summed E-state index contributed by atoms with van der Waals surface area (Å²) in [6, 6.07) is 12.8. The van der Waals surface area contributed by atoms with E-state index in [0.717, 1.165) is 28.5 Å². The fraction of sp³-hybridized carbons (Fsp3) is 0.111. The molecule has 0 aromatic heterocycles. The molecule has 6 heteroatoms. The Morgan fingerprint density at radius 2 is 1.96 bits per heavy atom. The van der Waals surface area contributed by atoms with Crippen LogP contribution >= 0.6 is 34.4 Å². The number of benzene rings is 2. The molecule has 0 unspecified atom stereocenters. The highest BCUT2D eigenvalue weighted by Crippen LogP contribution is 2.34. The molecule has 0 atom stereocenters. The third-order valence-electron chi connectivity index (χ3n) is 3.73. The monoisotopic (exact) mass is 451 g/mol. The van der Waals surface area contributed by atoms with E-state index in [1.807, 2.05) is 53.8 Å². The number of rotatable bonds is 3. The molecule has 1 aliphatic heterocycles. The average Bonchev–Trinajstić information content (AvgIpc) is 2.80. The quantitative estimate of drug-likeness (QED) is 0.550. The molecule has 2 aromatic rings. The van der Waals surface area contributed by atoms with Gasteiger partial charge in [-0.1, -0.05) is 30.3 Å². The molecule has 2 aromatic carbocycles. The number of carbonyl (C=O) groups excluding carboxylic acids is 2. The largest absolute Gasteiger partial charge is 0.507 e. The Morgan fingerprint density at radius 1 is 1.21 bits per heavy atom. The zero-order chi connectivity index (χ0) is 17.3. The van der Waals surface area contributed by atoms with E-state index in [1.54, 1.807) is 24.3 Å². The van der Waals surface area contributed by atoms with Gasteiger partial charge in [-0.05, 0) is 76.2 Å². The smallest absolute Gasteiger partial charge is 0.293 e. The second kappa shape index (κ2) is 6.98. The van der Waals surface area contributed by atoms with Gasteiger partial charge in [0.05, 0.1) is 15.0 Å². The van der Waals surface area contributed by atoms with Crippen LogP contribution in [0.3, 0.4) is 0 Å². The maximum atomic E-state index is 12.6. The molecule has 1 saturated heterocycles. The van der Waals surface area contributed by atoms with Gasteiger partial charge in [-0.15, -0.1) is 0 Å². The lowest BCUT2D eigenvalue weighted by molar-refractivity contribution is -0.123. The summed E-state index contributed by atoms with van der Waals surface area (Å²) in [6.07, 6.45) is 1.68. The summed E-state index contributed by atoms with van der Waals surface area (Å²) in [5.41, 5.74) is 2.78. The van der Waals surface area contributed by atoms with E-state index in [9.17, 15) is 14.7 Å². The van der Waals surface area contributed by atoms with Crippen molar-refractivity contribution < 1.29 is 14.7 Å². The number of aryl methyl sites for hydroxylation is 1. The molecule has 3 rings (SSSR count). The Balaban J connectivity index is 1.84. The van der Waals surface area contributed by atoms with Gasteiger partial charge in [0.2, 0.25) is 0 Å².